The van der Waals surface area contributed by atoms with E-state index in [4.69, 9.17) is 11.6 Å². The number of amides is 2. The number of piperazine rings is 1. The molecular weight excluding hydrogens is 429 g/mol. The van der Waals surface area contributed by atoms with Gasteiger partial charge in [0.25, 0.3) is 5.91 Å². The number of nitrogens with zero attached hydrogens (tertiary/aromatic N) is 2. The highest BCUT2D eigenvalue weighted by Crippen LogP contribution is 2.31. The Bertz CT molecular complexity index is 956. The molecule has 1 N–H and O–H groups in total. The lowest BCUT2D eigenvalue weighted by Crippen LogP contribution is -2.57. The van der Waals surface area contributed by atoms with Crippen LogP contribution < -0.4 is 5.32 Å². The number of carbonyl (C=O) groups is 2. The first-order chi connectivity index (χ1) is 15.5. The number of hydrogen-bond donors (Lipinski definition) is 1. The van der Waals surface area contributed by atoms with Gasteiger partial charge in [-0.15, -0.1) is 0 Å². The highest BCUT2D eigenvalue weighted by molar-refractivity contribution is 6.33. The summed E-state index contributed by atoms with van der Waals surface area (Å²) in [6, 6.07) is 13.2. The molecule has 0 aromatic heterocycles. The molecule has 4 rings (SSSR count). The molecule has 1 saturated carbocycles. The van der Waals surface area contributed by atoms with Crippen LogP contribution in [0.1, 0.15) is 41.6 Å². The maximum atomic E-state index is 13.5. The van der Waals surface area contributed by atoms with Gasteiger partial charge in [-0.05, 0) is 48.6 Å². The number of rotatable bonds is 6. The molecule has 2 aromatic rings. The van der Waals surface area contributed by atoms with Crippen LogP contribution in [0.25, 0.3) is 0 Å². The third-order valence-electron chi connectivity index (χ3n) is 6.57. The third-order valence-corrected chi connectivity index (χ3v) is 6.90. The van der Waals surface area contributed by atoms with E-state index in [1.54, 1.807) is 18.2 Å². The zero-order valence-electron chi connectivity index (χ0n) is 18.1. The van der Waals surface area contributed by atoms with Gasteiger partial charge in [0, 0.05) is 32.7 Å². The summed E-state index contributed by atoms with van der Waals surface area (Å²) in [5, 5.41) is 3.48. The Morgan fingerprint density at radius 2 is 1.75 bits per heavy atom. The molecule has 5 nitrogen and oxygen atoms in total. The van der Waals surface area contributed by atoms with Gasteiger partial charge < -0.3 is 10.2 Å². The van der Waals surface area contributed by atoms with Crippen LogP contribution in [0.4, 0.5) is 4.39 Å². The van der Waals surface area contributed by atoms with Gasteiger partial charge in [0.1, 0.15) is 5.82 Å². The first kappa shape index (κ1) is 22.7. The van der Waals surface area contributed by atoms with Gasteiger partial charge in [-0.25, -0.2) is 4.39 Å². The van der Waals surface area contributed by atoms with E-state index in [2.05, 4.69) is 10.2 Å². The second kappa shape index (κ2) is 10.5. The topological polar surface area (TPSA) is 52.7 Å². The second-order valence-corrected chi connectivity index (χ2v) is 9.05. The molecule has 170 valence electrons. The van der Waals surface area contributed by atoms with E-state index in [1.807, 2.05) is 23.1 Å². The van der Waals surface area contributed by atoms with E-state index in [0.29, 0.717) is 49.2 Å². The number of hydrogen-bond acceptors (Lipinski definition) is 3. The average molecular weight is 458 g/mol. The molecule has 2 aromatic carbocycles. The standard InChI is InChI=1S/C25H29ClFN3O2/c26-22-11-4-3-10-21(22)25(32)30-14-12-29(13-15-30)23(19-7-1-2-8-19)24(31)28-17-18-6-5-9-20(27)16-18/h3-6,9-11,16,19,23H,1-2,7-8,12-15,17H2,(H,28,31). The second-order valence-electron chi connectivity index (χ2n) is 8.65. The van der Waals surface area contributed by atoms with Crippen molar-refractivity contribution in [2.24, 2.45) is 5.92 Å². The molecular formula is C25H29ClFN3O2. The van der Waals surface area contributed by atoms with Crippen molar-refractivity contribution >= 4 is 23.4 Å². The largest absolute Gasteiger partial charge is 0.351 e. The summed E-state index contributed by atoms with van der Waals surface area (Å²) in [5.74, 6) is -0.0630. The van der Waals surface area contributed by atoms with Crippen LogP contribution in [0.5, 0.6) is 0 Å². The molecule has 0 spiro atoms. The van der Waals surface area contributed by atoms with Gasteiger partial charge in [-0.3, -0.25) is 14.5 Å². The van der Waals surface area contributed by atoms with Gasteiger partial charge in [-0.2, -0.15) is 0 Å². The van der Waals surface area contributed by atoms with Gasteiger partial charge in [0.15, 0.2) is 0 Å². The maximum absolute atomic E-state index is 13.5. The van der Waals surface area contributed by atoms with Crippen LogP contribution in [0.15, 0.2) is 48.5 Å². The number of benzene rings is 2. The SMILES string of the molecule is O=C(NCc1cccc(F)c1)C(C1CCCC1)N1CCN(C(=O)c2ccccc2Cl)CC1. The third kappa shape index (κ3) is 5.30. The predicted octanol–water partition coefficient (Wildman–Crippen LogP) is 4.11. The summed E-state index contributed by atoms with van der Waals surface area (Å²) in [6.45, 7) is 2.72. The molecule has 1 aliphatic heterocycles. The van der Waals surface area contributed by atoms with Gasteiger partial charge in [0.05, 0.1) is 16.6 Å². The molecule has 1 aliphatic carbocycles. The lowest BCUT2D eigenvalue weighted by atomic mass is 9.94. The van der Waals surface area contributed by atoms with Crippen LogP contribution in [-0.2, 0) is 11.3 Å². The first-order valence-electron chi connectivity index (χ1n) is 11.3. The van der Waals surface area contributed by atoms with E-state index in [1.165, 1.54) is 12.1 Å². The molecule has 1 atom stereocenters. The van der Waals surface area contributed by atoms with Crippen molar-refractivity contribution in [3.8, 4) is 0 Å². The molecule has 2 aliphatic rings. The molecule has 2 fully saturated rings. The quantitative estimate of drug-likeness (QED) is 0.710. The minimum Gasteiger partial charge on any atom is -0.351 e. The number of nitrogens with one attached hydrogen (secondary N) is 1. The van der Waals surface area contributed by atoms with Crippen molar-refractivity contribution in [3.05, 3.63) is 70.5 Å². The minimum absolute atomic E-state index is 0.00737. The Morgan fingerprint density at radius 1 is 1.03 bits per heavy atom. The summed E-state index contributed by atoms with van der Waals surface area (Å²) in [5.41, 5.74) is 1.27. The minimum atomic E-state index is -0.302. The van der Waals surface area contributed by atoms with Crippen LogP contribution in [0.3, 0.4) is 0 Å². The van der Waals surface area contributed by atoms with E-state index in [0.717, 1.165) is 31.2 Å². The highest BCUT2D eigenvalue weighted by Gasteiger charge is 2.37. The maximum Gasteiger partial charge on any atom is 0.255 e. The fourth-order valence-electron chi connectivity index (χ4n) is 4.90. The van der Waals surface area contributed by atoms with Crippen LogP contribution in [-0.4, -0.2) is 53.8 Å². The Hall–Kier alpha value is -2.44. The van der Waals surface area contributed by atoms with E-state index in [9.17, 15) is 14.0 Å². The van der Waals surface area contributed by atoms with Crippen LogP contribution >= 0.6 is 11.6 Å². The van der Waals surface area contributed by atoms with E-state index < -0.39 is 0 Å². The van der Waals surface area contributed by atoms with Crippen LogP contribution in [0.2, 0.25) is 5.02 Å². The zero-order valence-corrected chi connectivity index (χ0v) is 18.9. The monoisotopic (exact) mass is 457 g/mol. The first-order valence-corrected chi connectivity index (χ1v) is 11.7. The summed E-state index contributed by atoms with van der Waals surface area (Å²) >= 11 is 6.21. The smallest absolute Gasteiger partial charge is 0.255 e. The highest BCUT2D eigenvalue weighted by atomic mass is 35.5. The lowest BCUT2D eigenvalue weighted by molar-refractivity contribution is -0.129. The van der Waals surface area contributed by atoms with Gasteiger partial charge in [-0.1, -0.05) is 48.7 Å². The number of carbonyl (C=O) groups excluding carboxylic acids is 2. The summed E-state index contributed by atoms with van der Waals surface area (Å²) < 4.78 is 13.5. The molecule has 1 saturated heterocycles. The molecule has 1 unspecified atom stereocenters. The summed E-state index contributed by atoms with van der Waals surface area (Å²) in [7, 11) is 0. The van der Waals surface area contributed by atoms with Gasteiger partial charge in [0.2, 0.25) is 5.91 Å². The fourth-order valence-corrected chi connectivity index (χ4v) is 5.12. The molecule has 2 amide bonds. The van der Waals surface area contributed by atoms with Gasteiger partial charge >= 0.3 is 0 Å². The lowest BCUT2D eigenvalue weighted by Gasteiger charge is -2.40. The van der Waals surface area contributed by atoms with Crippen LogP contribution in [0, 0.1) is 11.7 Å². The predicted molar refractivity (Wildman–Crippen MR) is 123 cm³/mol. The summed E-state index contributed by atoms with van der Waals surface area (Å²) in [4.78, 5) is 30.1. The molecule has 32 heavy (non-hydrogen) atoms. The Kier molecular flexibility index (Phi) is 7.43. The van der Waals surface area contributed by atoms with Crippen molar-refractivity contribution in [2.75, 3.05) is 26.2 Å². The molecule has 1 heterocycles. The average Bonchev–Trinajstić information content (AvgIpc) is 3.33. The van der Waals surface area contributed by atoms with E-state index in [-0.39, 0.29) is 23.7 Å². The number of halogens is 2. The van der Waals surface area contributed by atoms with E-state index >= 15 is 0 Å². The van der Waals surface area contributed by atoms with Crippen molar-refractivity contribution in [3.63, 3.8) is 0 Å². The molecule has 0 radical (unpaired) electrons. The van der Waals surface area contributed by atoms with Crippen molar-refractivity contribution in [2.45, 2.75) is 38.3 Å². The Labute approximate surface area is 193 Å². The zero-order chi connectivity index (χ0) is 22.5. The molecule has 7 heteroatoms. The van der Waals surface area contributed by atoms with Crippen molar-refractivity contribution in [1.82, 2.24) is 15.1 Å². The van der Waals surface area contributed by atoms with Crippen molar-refractivity contribution in [1.29, 1.82) is 0 Å². The summed E-state index contributed by atoms with van der Waals surface area (Å²) in [6.07, 6.45) is 4.36. The Balaban J connectivity index is 1.40. The fraction of sp³-hybridized carbons (Fsp3) is 0.440. The molecule has 0 bridgehead atoms. The van der Waals surface area contributed by atoms with Crippen molar-refractivity contribution < 1.29 is 14.0 Å². The normalized spacial score (nSPS) is 18.5. The Morgan fingerprint density at radius 3 is 2.44 bits per heavy atom.